The van der Waals surface area contributed by atoms with Crippen molar-refractivity contribution < 1.29 is 9.53 Å². The Labute approximate surface area is 150 Å². The van der Waals surface area contributed by atoms with Crippen molar-refractivity contribution in [3.05, 3.63) is 49.1 Å². The third-order valence-corrected chi connectivity index (χ3v) is 4.14. The van der Waals surface area contributed by atoms with E-state index < -0.39 is 0 Å². The number of amides is 1. The number of nitrogens with zero attached hydrogens (tertiary/aromatic N) is 4. The van der Waals surface area contributed by atoms with Gasteiger partial charge in [-0.15, -0.1) is 0 Å². The highest BCUT2D eigenvalue weighted by atomic mass is 16.5. The number of pyridine rings is 2. The second-order valence-corrected chi connectivity index (χ2v) is 6.04. The van der Waals surface area contributed by atoms with E-state index in [1.54, 1.807) is 38.0 Å². The van der Waals surface area contributed by atoms with Crippen LogP contribution in [0.25, 0.3) is 22.5 Å². The number of aromatic nitrogens is 4. The standard InChI is InChI=1S/C19H17N5O2/c1-26-16-5-4-14(10-21-16)18-17(12-6-8-20-9-7-12)22-11-15(23-18)24-19(25)13-2-3-13/h4-11,13H,2-3H2,1H3,(H,23,24,25). The van der Waals surface area contributed by atoms with E-state index in [1.807, 2.05) is 18.2 Å². The zero-order valence-electron chi connectivity index (χ0n) is 14.2. The molecule has 0 aliphatic heterocycles. The van der Waals surface area contributed by atoms with E-state index >= 15 is 0 Å². The van der Waals surface area contributed by atoms with Crippen LogP contribution >= 0.6 is 0 Å². The molecule has 0 aromatic carbocycles. The van der Waals surface area contributed by atoms with Crippen LogP contribution in [0, 0.1) is 5.92 Å². The van der Waals surface area contributed by atoms with Gasteiger partial charge in [-0.1, -0.05) is 0 Å². The van der Waals surface area contributed by atoms with Gasteiger partial charge in [-0.25, -0.2) is 9.97 Å². The third kappa shape index (κ3) is 3.37. The Hall–Kier alpha value is -3.35. The molecular weight excluding hydrogens is 330 g/mol. The summed E-state index contributed by atoms with van der Waals surface area (Å²) in [4.78, 5) is 29.5. The molecule has 1 aliphatic rings. The number of carbonyl (C=O) groups excluding carboxylic acids is 1. The lowest BCUT2D eigenvalue weighted by atomic mass is 10.1. The molecule has 4 rings (SSSR count). The van der Waals surface area contributed by atoms with Gasteiger partial charge in [0.15, 0.2) is 5.82 Å². The molecular formula is C19H17N5O2. The van der Waals surface area contributed by atoms with E-state index in [2.05, 4.69) is 25.3 Å². The van der Waals surface area contributed by atoms with Gasteiger partial charge in [-0.05, 0) is 31.0 Å². The lowest BCUT2D eigenvalue weighted by molar-refractivity contribution is -0.117. The fraction of sp³-hybridized carbons (Fsp3) is 0.211. The van der Waals surface area contributed by atoms with Crippen molar-refractivity contribution in [2.75, 3.05) is 12.4 Å². The Kier molecular flexibility index (Phi) is 4.27. The summed E-state index contributed by atoms with van der Waals surface area (Å²) in [6.45, 7) is 0. The molecule has 7 heteroatoms. The van der Waals surface area contributed by atoms with Gasteiger partial charge >= 0.3 is 0 Å². The highest BCUT2D eigenvalue weighted by Gasteiger charge is 2.30. The van der Waals surface area contributed by atoms with Crippen LogP contribution in [0.4, 0.5) is 5.82 Å². The lowest BCUT2D eigenvalue weighted by Crippen LogP contribution is -2.15. The van der Waals surface area contributed by atoms with Crippen LogP contribution in [0.3, 0.4) is 0 Å². The van der Waals surface area contributed by atoms with E-state index in [0.717, 1.165) is 24.0 Å². The second kappa shape index (κ2) is 6.87. The first-order valence-corrected chi connectivity index (χ1v) is 8.33. The van der Waals surface area contributed by atoms with Gasteiger partial charge in [0, 0.05) is 41.7 Å². The number of hydrogen-bond acceptors (Lipinski definition) is 6. The maximum absolute atomic E-state index is 12.0. The lowest BCUT2D eigenvalue weighted by Gasteiger charge is -2.11. The van der Waals surface area contributed by atoms with E-state index in [1.165, 1.54) is 0 Å². The predicted molar refractivity (Wildman–Crippen MR) is 96.4 cm³/mol. The van der Waals surface area contributed by atoms with E-state index in [4.69, 9.17) is 4.74 Å². The summed E-state index contributed by atoms with van der Waals surface area (Å²) < 4.78 is 5.12. The average molecular weight is 347 g/mol. The Morgan fingerprint density at radius 1 is 1.04 bits per heavy atom. The molecule has 3 aromatic rings. The van der Waals surface area contributed by atoms with Gasteiger partial charge in [0.05, 0.1) is 19.0 Å². The molecule has 1 amide bonds. The van der Waals surface area contributed by atoms with Gasteiger partial charge in [0.1, 0.15) is 5.69 Å². The molecule has 130 valence electrons. The van der Waals surface area contributed by atoms with Crippen molar-refractivity contribution in [3.8, 4) is 28.4 Å². The van der Waals surface area contributed by atoms with Crippen LogP contribution in [-0.2, 0) is 4.79 Å². The summed E-state index contributed by atoms with van der Waals surface area (Å²) >= 11 is 0. The number of hydrogen-bond donors (Lipinski definition) is 1. The minimum absolute atomic E-state index is 0.00485. The van der Waals surface area contributed by atoms with Crippen molar-refractivity contribution >= 4 is 11.7 Å². The van der Waals surface area contributed by atoms with Gasteiger partial charge in [0.2, 0.25) is 11.8 Å². The van der Waals surface area contributed by atoms with E-state index in [9.17, 15) is 4.79 Å². The molecule has 0 radical (unpaired) electrons. The number of methoxy groups -OCH3 is 1. The Balaban J connectivity index is 1.76. The molecule has 1 saturated carbocycles. The first-order chi connectivity index (χ1) is 12.7. The molecule has 26 heavy (non-hydrogen) atoms. The van der Waals surface area contributed by atoms with Crippen LogP contribution in [0.15, 0.2) is 49.1 Å². The first-order valence-electron chi connectivity index (χ1n) is 8.33. The van der Waals surface area contributed by atoms with Gasteiger partial charge < -0.3 is 10.1 Å². The second-order valence-electron chi connectivity index (χ2n) is 6.04. The van der Waals surface area contributed by atoms with Crippen LogP contribution in [-0.4, -0.2) is 33.0 Å². The molecule has 0 atom stereocenters. The number of nitrogens with one attached hydrogen (secondary N) is 1. The SMILES string of the molecule is COc1ccc(-c2nc(NC(=O)C3CC3)cnc2-c2ccncc2)cn1. The highest BCUT2D eigenvalue weighted by Crippen LogP contribution is 2.32. The molecule has 3 aromatic heterocycles. The summed E-state index contributed by atoms with van der Waals surface area (Å²) in [5.41, 5.74) is 3.01. The predicted octanol–water partition coefficient (Wildman–Crippen LogP) is 2.96. The van der Waals surface area contributed by atoms with Crippen molar-refractivity contribution in [3.63, 3.8) is 0 Å². The van der Waals surface area contributed by atoms with Gasteiger partial charge in [0.25, 0.3) is 0 Å². The summed E-state index contributed by atoms with van der Waals surface area (Å²) in [7, 11) is 1.57. The smallest absolute Gasteiger partial charge is 0.228 e. The van der Waals surface area contributed by atoms with Crippen LogP contribution in [0.2, 0.25) is 0 Å². The number of rotatable bonds is 5. The highest BCUT2D eigenvalue weighted by molar-refractivity contribution is 5.93. The molecule has 3 heterocycles. The maximum Gasteiger partial charge on any atom is 0.228 e. The molecule has 7 nitrogen and oxygen atoms in total. The average Bonchev–Trinajstić information content (AvgIpc) is 3.54. The monoisotopic (exact) mass is 347 g/mol. The van der Waals surface area contributed by atoms with Gasteiger partial charge in [-0.3, -0.25) is 14.8 Å². The summed E-state index contributed by atoms with van der Waals surface area (Å²) in [6, 6.07) is 7.37. The molecule has 1 aliphatic carbocycles. The van der Waals surface area contributed by atoms with Crippen LogP contribution in [0.5, 0.6) is 5.88 Å². The molecule has 0 bridgehead atoms. The summed E-state index contributed by atoms with van der Waals surface area (Å²) in [5.74, 6) is 1.05. The van der Waals surface area contributed by atoms with E-state index in [0.29, 0.717) is 23.1 Å². The first kappa shape index (κ1) is 16.1. The minimum Gasteiger partial charge on any atom is -0.481 e. The minimum atomic E-state index is -0.00485. The largest absolute Gasteiger partial charge is 0.481 e. The van der Waals surface area contributed by atoms with E-state index in [-0.39, 0.29) is 11.8 Å². The molecule has 0 saturated heterocycles. The number of anilines is 1. The van der Waals surface area contributed by atoms with Crippen molar-refractivity contribution in [1.82, 2.24) is 19.9 Å². The van der Waals surface area contributed by atoms with Crippen LogP contribution < -0.4 is 10.1 Å². The zero-order valence-corrected chi connectivity index (χ0v) is 14.2. The molecule has 1 N–H and O–H groups in total. The fourth-order valence-corrected chi connectivity index (χ4v) is 2.59. The number of carbonyl (C=O) groups is 1. The molecule has 0 spiro atoms. The molecule has 1 fully saturated rings. The third-order valence-electron chi connectivity index (χ3n) is 4.14. The molecule has 0 unspecified atom stereocenters. The van der Waals surface area contributed by atoms with Crippen molar-refractivity contribution in [1.29, 1.82) is 0 Å². The quantitative estimate of drug-likeness (QED) is 0.763. The Bertz CT molecular complexity index is 924. The van der Waals surface area contributed by atoms with Crippen LogP contribution in [0.1, 0.15) is 12.8 Å². The van der Waals surface area contributed by atoms with Gasteiger partial charge in [-0.2, -0.15) is 0 Å². The fourth-order valence-electron chi connectivity index (χ4n) is 2.59. The summed E-state index contributed by atoms with van der Waals surface area (Å²) in [5, 5.41) is 2.85. The zero-order chi connectivity index (χ0) is 17.9. The topological polar surface area (TPSA) is 89.9 Å². The Morgan fingerprint density at radius 2 is 1.85 bits per heavy atom. The van der Waals surface area contributed by atoms with Crippen molar-refractivity contribution in [2.24, 2.45) is 5.92 Å². The normalized spacial score (nSPS) is 13.3. The maximum atomic E-state index is 12.0. The van der Waals surface area contributed by atoms with Crippen molar-refractivity contribution in [2.45, 2.75) is 12.8 Å². The number of ether oxygens (including phenoxy) is 1. The Morgan fingerprint density at radius 3 is 2.50 bits per heavy atom. The summed E-state index contributed by atoms with van der Waals surface area (Å²) in [6.07, 6.45) is 8.54.